The molecular weight excluding hydrogens is 243 g/mol. The Balaban J connectivity index is 3.56. The summed E-state index contributed by atoms with van der Waals surface area (Å²) in [5.41, 5.74) is -2.00. The fourth-order valence-corrected chi connectivity index (χ4v) is 3.27. The second-order valence-corrected chi connectivity index (χ2v) is 10.8. The molecule has 0 N–H and O–H groups in total. The second-order valence-electron chi connectivity index (χ2n) is 2.57. The van der Waals surface area contributed by atoms with Crippen molar-refractivity contribution in [2.45, 2.75) is 19.1 Å². The lowest BCUT2D eigenvalue weighted by Gasteiger charge is -2.17. The van der Waals surface area contributed by atoms with Gasteiger partial charge in [-0.25, -0.2) is 0 Å². The third-order valence-electron chi connectivity index (χ3n) is 1.23. The van der Waals surface area contributed by atoms with E-state index in [-0.39, 0.29) is 0 Å². The summed E-state index contributed by atoms with van der Waals surface area (Å²) in [6.45, 7) is 5.03. The minimum Gasteiger partial charge on any atom is -0.325 e. The van der Waals surface area contributed by atoms with Crippen molar-refractivity contribution in [3.05, 3.63) is 0 Å². The van der Waals surface area contributed by atoms with Crippen LogP contribution in [0.2, 0.25) is 0 Å². The van der Waals surface area contributed by atoms with Gasteiger partial charge in [-0.1, -0.05) is 25.2 Å². The third kappa shape index (κ3) is 7.23. The van der Waals surface area contributed by atoms with Gasteiger partial charge in [-0.05, 0) is 23.3 Å². The van der Waals surface area contributed by atoms with E-state index >= 15 is 0 Å². The van der Waals surface area contributed by atoms with Crippen molar-refractivity contribution in [1.29, 1.82) is 0 Å². The SMILES string of the molecule is COP(=S)(OCCSC(C)C)SC. The molecule has 0 spiro atoms. The molecule has 0 aromatic heterocycles. The standard InChI is InChI=1S/C7H17O2PS3/c1-7(2)13-6-5-9-10(11,8-3)12-4/h7H,5-6H2,1-4H3. The minimum absolute atomic E-state index is 0.651. The molecule has 13 heavy (non-hydrogen) atoms. The van der Waals surface area contributed by atoms with E-state index in [1.54, 1.807) is 7.11 Å². The monoisotopic (exact) mass is 260 g/mol. The summed E-state index contributed by atoms with van der Waals surface area (Å²) >= 11 is 8.58. The zero-order chi connectivity index (χ0) is 10.3. The molecule has 0 heterocycles. The molecule has 80 valence electrons. The molecule has 1 unspecified atom stereocenters. The van der Waals surface area contributed by atoms with Crippen LogP contribution in [-0.2, 0) is 20.9 Å². The predicted molar refractivity (Wildman–Crippen MR) is 68.4 cm³/mol. The molecule has 0 radical (unpaired) electrons. The van der Waals surface area contributed by atoms with Gasteiger partial charge in [-0.3, -0.25) is 0 Å². The topological polar surface area (TPSA) is 18.5 Å². The first-order chi connectivity index (χ1) is 6.04. The van der Waals surface area contributed by atoms with E-state index in [1.165, 1.54) is 11.4 Å². The molecule has 0 aliphatic carbocycles. The zero-order valence-corrected chi connectivity index (χ0v) is 11.8. The van der Waals surface area contributed by atoms with Gasteiger partial charge in [0, 0.05) is 12.9 Å². The molecule has 0 rings (SSSR count). The van der Waals surface area contributed by atoms with Gasteiger partial charge in [0.05, 0.1) is 6.61 Å². The molecule has 0 fully saturated rings. The first-order valence-corrected chi connectivity index (χ1v) is 9.53. The molecule has 0 saturated heterocycles. The Kier molecular flexibility index (Phi) is 8.28. The molecule has 0 amide bonds. The Labute approximate surface area is 94.4 Å². The zero-order valence-electron chi connectivity index (χ0n) is 8.48. The lowest BCUT2D eigenvalue weighted by atomic mass is 10.6. The maximum absolute atomic E-state index is 5.52. The van der Waals surface area contributed by atoms with Crippen molar-refractivity contribution in [2.24, 2.45) is 0 Å². The smallest absolute Gasteiger partial charge is 0.246 e. The lowest BCUT2D eigenvalue weighted by molar-refractivity contribution is 0.312. The van der Waals surface area contributed by atoms with Crippen LogP contribution in [0.3, 0.4) is 0 Å². The van der Waals surface area contributed by atoms with E-state index in [0.717, 1.165) is 5.75 Å². The average Bonchev–Trinajstić information content (AvgIpc) is 2.12. The van der Waals surface area contributed by atoms with Crippen LogP contribution in [0.25, 0.3) is 0 Å². The van der Waals surface area contributed by atoms with Crippen molar-refractivity contribution in [1.82, 2.24) is 0 Å². The fourth-order valence-electron chi connectivity index (χ4n) is 0.613. The Morgan fingerprint density at radius 2 is 2.08 bits per heavy atom. The Morgan fingerprint density at radius 1 is 1.46 bits per heavy atom. The summed E-state index contributed by atoms with van der Waals surface area (Å²) in [5.74, 6) is 0.986. The largest absolute Gasteiger partial charge is 0.325 e. The van der Waals surface area contributed by atoms with Gasteiger partial charge >= 0.3 is 0 Å². The van der Waals surface area contributed by atoms with E-state index in [9.17, 15) is 0 Å². The van der Waals surface area contributed by atoms with E-state index in [0.29, 0.717) is 11.9 Å². The van der Waals surface area contributed by atoms with Crippen molar-refractivity contribution < 1.29 is 9.05 Å². The highest BCUT2D eigenvalue weighted by Gasteiger charge is 2.14. The lowest BCUT2D eigenvalue weighted by Crippen LogP contribution is -1.98. The number of hydrogen-bond acceptors (Lipinski definition) is 5. The van der Waals surface area contributed by atoms with Crippen molar-refractivity contribution >= 4 is 40.6 Å². The molecule has 6 heteroatoms. The van der Waals surface area contributed by atoms with Gasteiger partial charge in [-0.15, -0.1) is 0 Å². The Bertz CT molecular complexity index is 167. The molecule has 0 aliphatic rings. The Morgan fingerprint density at radius 3 is 2.46 bits per heavy atom. The number of thioether (sulfide) groups is 1. The normalized spacial score (nSPS) is 16.1. The van der Waals surface area contributed by atoms with Gasteiger partial charge < -0.3 is 9.05 Å². The summed E-state index contributed by atoms with van der Waals surface area (Å²) < 4.78 is 10.7. The maximum atomic E-state index is 5.52. The quantitative estimate of drug-likeness (QED) is 0.514. The third-order valence-corrected chi connectivity index (χ3v) is 7.90. The molecule has 0 aromatic rings. The first kappa shape index (κ1) is 14.3. The molecule has 0 bridgehead atoms. The van der Waals surface area contributed by atoms with Crippen LogP contribution >= 0.6 is 28.8 Å². The predicted octanol–water partition coefficient (Wildman–Crippen LogP) is 3.38. The Hall–Kier alpha value is 1.27. The second kappa shape index (κ2) is 7.55. The number of rotatable bonds is 7. The van der Waals surface area contributed by atoms with Crippen LogP contribution < -0.4 is 0 Å². The van der Waals surface area contributed by atoms with E-state index in [2.05, 4.69) is 13.8 Å². The summed E-state index contributed by atoms with van der Waals surface area (Å²) in [6.07, 6.45) is 1.93. The molecular formula is C7H17O2PS3. The van der Waals surface area contributed by atoms with Crippen LogP contribution in [0.15, 0.2) is 0 Å². The van der Waals surface area contributed by atoms with E-state index in [1.807, 2.05) is 18.0 Å². The molecule has 0 aliphatic heterocycles. The van der Waals surface area contributed by atoms with Crippen LogP contribution in [0.1, 0.15) is 13.8 Å². The van der Waals surface area contributed by atoms with Gasteiger partial charge in [-0.2, -0.15) is 11.8 Å². The average molecular weight is 260 g/mol. The molecule has 0 saturated carbocycles. The van der Waals surface area contributed by atoms with Crippen molar-refractivity contribution in [3.63, 3.8) is 0 Å². The van der Waals surface area contributed by atoms with E-state index in [4.69, 9.17) is 20.9 Å². The highest BCUT2D eigenvalue weighted by molar-refractivity contribution is 8.67. The fraction of sp³-hybridized carbons (Fsp3) is 1.00. The van der Waals surface area contributed by atoms with E-state index < -0.39 is 5.69 Å². The molecule has 2 nitrogen and oxygen atoms in total. The molecule has 1 atom stereocenters. The highest BCUT2D eigenvalue weighted by Crippen LogP contribution is 2.58. The van der Waals surface area contributed by atoms with Crippen molar-refractivity contribution in [2.75, 3.05) is 25.7 Å². The van der Waals surface area contributed by atoms with Gasteiger partial charge in [0.15, 0.2) is 0 Å². The van der Waals surface area contributed by atoms with Gasteiger partial charge in [0.25, 0.3) is 0 Å². The first-order valence-electron chi connectivity index (χ1n) is 4.01. The van der Waals surface area contributed by atoms with Crippen LogP contribution in [0, 0.1) is 0 Å². The van der Waals surface area contributed by atoms with Gasteiger partial charge in [0.1, 0.15) is 0 Å². The van der Waals surface area contributed by atoms with Crippen molar-refractivity contribution in [3.8, 4) is 0 Å². The van der Waals surface area contributed by atoms with Gasteiger partial charge in [0.2, 0.25) is 5.69 Å². The number of hydrogen-bond donors (Lipinski definition) is 0. The summed E-state index contributed by atoms with van der Waals surface area (Å²) in [6, 6.07) is 0. The summed E-state index contributed by atoms with van der Waals surface area (Å²) in [7, 11) is 1.62. The minimum atomic E-state index is -2.00. The highest BCUT2D eigenvalue weighted by atomic mass is 32.9. The summed E-state index contributed by atoms with van der Waals surface area (Å²) in [4.78, 5) is 0. The maximum Gasteiger partial charge on any atom is 0.246 e. The molecule has 0 aromatic carbocycles. The van der Waals surface area contributed by atoms with Crippen LogP contribution in [-0.4, -0.2) is 31.0 Å². The van der Waals surface area contributed by atoms with Crippen LogP contribution in [0.4, 0.5) is 0 Å². The summed E-state index contributed by atoms with van der Waals surface area (Å²) in [5, 5.41) is 0.651. The van der Waals surface area contributed by atoms with Crippen LogP contribution in [0.5, 0.6) is 0 Å².